The first kappa shape index (κ1) is 16.1. The molecule has 6 heteroatoms. The zero-order valence-corrected chi connectivity index (χ0v) is 13.9. The fourth-order valence-electron chi connectivity index (χ4n) is 3.36. The number of hydrogen-bond donors (Lipinski definition) is 0. The molecule has 3 rings (SSSR count). The van der Waals surface area contributed by atoms with E-state index in [-0.39, 0.29) is 17.7 Å². The summed E-state index contributed by atoms with van der Waals surface area (Å²) in [4.78, 5) is 16.8. The lowest BCUT2D eigenvalue weighted by atomic mass is 9.96. The predicted molar refractivity (Wildman–Crippen MR) is 88.4 cm³/mol. The van der Waals surface area contributed by atoms with Crippen LogP contribution < -0.4 is 4.90 Å². The van der Waals surface area contributed by atoms with Gasteiger partial charge in [0, 0.05) is 31.2 Å². The van der Waals surface area contributed by atoms with Crippen LogP contribution in [0.3, 0.4) is 0 Å². The van der Waals surface area contributed by atoms with Crippen LogP contribution in [0.4, 0.5) is 5.69 Å². The van der Waals surface area contributed by atoms with Crippen LogP contribution >= 0.6 is 11.6 Å². The molecule has 0 N–H and O–H groups in total. The van der Waals surface area contributed by atoms with Gasteiger partial charge in [-0.15, -0.1) is 0 Å². The number of nitriles is 1. The summed E-state index contributed by atoms with van der Waals surface area (Å²) in [6.45, 7) is 6.06. The molecule has 0 aromatic heterocycles. The highest BCUT2D eigenvalue weighted by molar-refractivity contribution is 6.30. The largest absolute Gasteiger partial charge is 0.378 e. The fraction of sp³-hybridized carbons (Fsp3) is 0.529. The van der Waals surface area contributed by atoms with E-state index < -0.39 is 0 Å². The molecule has 0 saturated carbocycles. The van der Waals surface area contributed by atoms with Gasteiger partial charge in [0.05, 0.1) is 30.4 Å². The van der Waals surface area contributed by atoms with Crippen molar-refractivity contribution in [2.24, 2.45) is 11.8 Å². The van der Waals surface area contributed by atoms with Crippen molar-refractivity contribution in [2.45, 2.75) is 6.92 Å². The van der Waals surface area contributed by atoms with Crippen molar-refractivity contribution < 1.29 is 9.53 Å². The Labute approximate surface area is 141 Å². The Balaban J connectivity index is 1.77. The Morgan fingerprint density at radius 1 is 1.35 bits per heavy atom. The molecule has 0 unspecified atom stereocenters. The molecule has 2 heterocycles. The number of benzene rings is 1. The van der Waals surface area contributed by atoms with Gasteiger partial charge in [0.15, 0.2) is 0 Å². The van der Waals surface area contributed by atoms with E-state index in [1.807, 2.05) is 11.0 Å². The summed E-state index contributed by atoms with van der Waals surface area (Å²) in [5, 5.41) is 9.91. The van der Waals surface area contributed by atoms with Crippen molar-refractivity contribution in [1.29, 1.82) is 5.26 Å². The van der Waals surface area contributed by atoms with E-state index in [1.165, 1.54) is 0 Å². The molecule has 0 spiro atoms. The number of morpholine rings is 1. The first-order valence-electron chi connectivity index (χ1n) is 7.91. The molecular formula is C17H20ClN3O2. The van der Waals surface area contributed by atoms with Crippen LogP contribution in [-0.4, -0.2) is 50.2 Å². The van der Waals surface area contributed by atoms with Crippen molar-refractivity contribution in [3.05, 3.63) is 28.8 Å². The second-order valence-electron chi connectivity index (χ2n) is 6.20. The Kier molecular flexibility index (Phi) is 4.74. The van der Waals surface area contributed by atoms with Gasteiger partial charge in [-0.3, -0.25) is 4.79 Å². The normalized spacial score (nSPS) is 24.6. The standard InChI is InChI=1S/C17H20ClN3O2/c1-12-10-21(16-8-14(18)3-2-13(16)9-19)11-15(12)17(22)20-4-6-23-7-5-20/h2-3,8,12,15H,4-7,10-11H2,1H3/t12-,15-/m1/s1. The first-order valence-corrected chi connectivity index (χ1v) is 8.29. The summed E-state index contributed by atoms with van der Waals surface area (Å²) in [5.41, 5.74) is 1.42. The number of amides is 1. The molecule has 1 aromatic carbocycles. The molecule has 2 aliphatic rings. The number of hydrogen-bond acceptors (Lipinski definition) is 4. The van der Waals surface area contributed by atoms with Gasteiger partial charge in [-0.2, -0.15) is 5.26 Å². The second kappa shape index (κ2) is 6.77. The van der Waals surface area contributed by atoms with Crippen molar-refractivity contribution in [3.63, 3.8) is 0 Å². The van der Waals surface area contributed by atoms with Crippen LogP contribution in [0.15, 0.2) is 18.2 Å². The minimum absolute atomic E-state index is 0.0429. The fourth-order valence-corrected chi connectivity index (χ4v) is 3.53. The molecule has 0 radical (unpaired) electrons. The third-order valence-corrected chi connectivity index (χ3v) is 4.91. The number of rotatable bonds is 2. The van der Waals surface area contributed by atoms with Crippen LogP contribution in [0, 0.1) is 23.2 Å². The number of carbonyl (C=O) groups excluding carboxylic acids is 1. The van der Waals surface area contributed by atoms with Gasteiger partial charge < -0.3 is 14.5 Å². The van der Waals surface area contributed by atoms with E-state index in [2.05, 4.69) is 17.9 Å². The number of nitrogens with zero attached hydrogens (tertiary/aromatic N) is 3. The first-order chi connectivity index (χ1) is 11.1. The maximum atomic E-state index is 12.8. The van der Waals surface area contributed by atoms with Crippen LogP contribution in [0.25, 0.3) is 0 Å². The van der Waals surface area contributed by atoms with Gasteiger partial charge in [-0.25, -0.2) is 0 Å². The molecule has 1 aromatic rings. The van der Waals surface area contributed by atoms with Gasteiger partial charge in [0.1, 0.15) is 6.07 Å². The van der Waals surface area contributed by atoms with E-state index in [0.29, 0.717) is 43.4 Å². The van der Waals surface area contributed by atoms with Crippen molar-refractivity contribution in [1.82, 2.24) is 4.90 Å². The number of halogens is 1. The molecule has 0 aliphatic carbocycles. The van der Waals surface area contributed by atoms with E-state index in [0.717, 1.165) is 12.2 Å². The molecule has 2 fully saturated rings. The average molecular weight is 334 g/mol. The Morgan fingerprint density at radius 3 is 2.78 bits per heavy atom. The highest BCUT2D eigenvalue weighted by Crippen LogP contribution is 2.33. The quantitative estimate of drug-likeness (QED) is 0.832. The molecule has 0 bridgehead atoms. The Bertz CT molecular complexity index is 637. The monoisotopic (exact) mass is 333 g/mol. The maximum Gasteiger partial charge on any atom is 0.227 e. The summed E-state index contributed by atoms with van der Waals surface area (Å²) in [6, 6.07) is 7.48. The highest BCUT2D eigenvalue weighted by atomic mass is 35.5. The lowest BCUT2D eigenvalue weighted by molar-refractivity contribution is -0.140. The number of anilines is 1. The average Bonchev–Trinajstić information content (AvgIpc) is 2.96. The lowest BCUT2D eigenvalue weighted by Gasteiger charge is -2.30. The minimum atomic E-state index is -0.0429. The molecule has 2 aliphatic heterocycles. The number of ether oxygens (including phenoxy) is 1. The van der Waals surface area contributed by atoms with Crippen LogP contribution in [0.1, 0.15) is 12.5 Å². The van der Waals surface area contributed by atoms with Crippen LogP contribution in [-0.2, 0) is 9.53 Å². The third kappa shape index (κ3) is 3.29. The second-order valence-corrected chi connectivity index (χ2v) is 6.64. The molecule has 122 valence electrons. The molecule has 23 heavy (non-hydrogen) atoms. The molecule has 1 amide bonds. The summed E-state index contributed by atoms with van der Waals surface area (Å²) in [7, 11) is 0. The van der Waals surface area contributed by atoms with Crippen LogP contribution in [0.2, 0.25) is 5.02 Å². The van der Waals surface area contributed by atoms with Gasteiger partial charge in [0.25, 0.3) is 0 Å². The van der Waals surface area contributed by atoms with Crippen molar-refractivity contribution >= 4 is 23.2 Å². The summed E-state index contributed by atoms with van der Waals surface area (Å²) < 4.78 is 5.32. The molecule has 2 atom stereocenters. The summed E-state index contributed by atoms with van der Waals surface area (Å²) >= 11 is 6.08. The molecule has 5 nitrogen and oxygen atoms in total. The Morgan fingerprint density at radius 2 is 2.09 bits per heavy atom. The highest BCUT2D eigenvalue weighted by Gasteiger charge is 2.38. The minimum Gasteiger partial charge on any atom is -0.378 e. The Hall–Kier alpha value is -1.77. The lowest BCUT2D eigenvalue weighted by Crippen LogP contribution is -2.45. The molecule has 2 saturated heterocycles. The number of carbonyl (C=O) groups is 1. The van der Waals surface area contributed by atoms with E-state index in [9.17, 15) is 10.1 Å². The van der Waals surface area contributed by atoms with Crippen LogP contribution in [0.5, 0.6) is 0 Å². The zero-order valence-electron chi connectivity index (χ0n) is 13.2. The van der Waals surface area contributed by atoms with Crippen molar-refractivity contribution in [2.75, 3.05) is 44.3 Å². The van der Waals surface area contributed by atoms with Gasteiger partial charge in [-0.1, -0.05) is 18.5 Å². The SMILES string of the molecule is C[C@@H]1CN(c2cc(Cl)ccc2C#N)C[C@H]1C(=O)N1CCOCC1. The van der Waals surface area contributed by atoms with E-state index >= 15 is 0 Å². The van der Waals surface area contributed by atoms with Gasteiger partial charge in [-0.05, 0) is 24.1 Å². The zero-order chi connectivity index (χ0) is 16.4. The molecular weight excluding hydrogens is 314 g/mol. The maximum absolute atomic E-state index is 12.8. The predicted octanol–water partition coefficient (Wildman–Crippen LogP) is 2.14. The van der Waals surface area contributed by atoms with Gasteiger partial charge >= 0.3 is 0 Å². The summed E-state index contributed by atoms with van der Waals surface area (Å²) in [6.07, 6.45) is 0. The van der Waals surface area contributed by atoms with E-state index in [1.54, 1.807) is 12.1 Å². The topological polar surface area (TPSA) is 56.6 Å². The van der Waals surface area contributed by atoms with Gasteiger partial charge in [0.2, 0.25) is 5.91 Å². The third-order valence-electron chi connectivity index (χ3n) is 4.67. The van der Waals surface area contributed by atoms with Crippen molar-refractivity contribution in [3.8, 4) is 6.07 Å². The van der Waals surface area contributed by atoms with E-state index in [4.69, 9.17) is 16.3 Å². The smallest absolute Gasteiger partial charge is 0.227 e. The summed E-state index contributed by atoms with van der Waals surface area (Å²) in [5.74, 6) is 0.401.